The number of hydrogen-bond acceptors (Lipinski definition) is 3. The molecule has 1 atom stereocenters. The van der Waals surface area contributed by atoms with Crippen molar-refractivity contribution in [3.8, 4) is 11.5 Å². The minimum Gasteiger partial charge on any atom is -0.493 e. The van der Waals surface area contributed by atoms with Crippen LogP contribution in [0.5, 0.6) is 11.5 Å². The molecule has 1 aliphatic carbocycles. The van der Waals surface area contributed by atoms with Crippen LogP contribution in [0.3, 0.4) is 0 Å². The minimum atomic E-state index is 0.0388. The zero-order valence-corrected chi connectivity index (χ0v) is 15.1. The second-order valence-corrected chi connectivity index (χ2v) is 6.61. The molecular formula is C20H20N2O2S. The number of benzene rings is 2. The summed E-state index contributed by atoms with van der Waals surface area (Å²) >= 11 is 5.48. The van der Waals surface area contributed by atoms with Crippen molar-refractivity contribution in [1.29, 1.82) is 0 Å². The van der Waals surface area contributed by atoms with Crippen LogP contribution in [0.25, 0.3) is 5.70 Å². The van der Waals surface area contributed by atoms with Crippen molar-refractivity contribution in [3.05, 3.63) is 64.7 Å². The lowest BCUT2D eigenvalue weighted by molar-refractivity contribution is 0.354. The fraction of sp³-hybridized carbons (Fsp3) is 0.250. The van der Waals surface area contributed by atoms with Crippen molar-refractivity contribution in [2.75, 3.05) is 14.2 Å². The molecule has 2 N–H and O–H groups in total. The fourth-order valence-electron chi connectivity index (χ4n) is 3.67. The van der Waals surface area contributed by atoms with Crippen LogP contribution < -0.4 is 20.1 Å². The van der Waals surface area contributed by atoms with E-state index >= 15 is 0 Å². The molecule has 0 saturated carbocycles. The van der Waals surface area contributed by atoms with Crippen LogP contribution in [-0.4, -0.2) is 19.3 Å². The summed E-state index contributed by atoms with van der Waals surface area (Å²) in [7, 11) is 3.30. The molecule has 2 aromatic rings. The third-order valence-electron chi connectivity index (χ3n) is 4.87. The molecule has 0 spiro atoms. The van der Waals surface area contributed by atoms with Gasteiger partial charge in [-0.15, -0.1) is 0 Å². The van der Waals surface area contributed by atoms with E-state index in [4.69, 9.17) is 21.7 Å². The van der Waals surface area contributed by atoms with Crippen molar-refractivity contribution >= 4 is 23.0 Å². The summed E-state index contributed by atoms with van der Waals surface area (Å²) < 4.78 is 10.8. The number of rotatable bonds is 3. The van der Waals surface area contributed by atoms with Gasteiger partial charge in [-0.2, -0.15) is 0 Å². The Bertz CT molecular complexity index is 876. The van der Waals surface area contributed by atoms with E-state index in [0.717, 1.165) is 35.6 Å². The topological polar surface area (TPSA) is 42.5 Å². The summed E-state index contributed by atoms with van der Waals surface area (Å²) in [6.45, 7) is 0. The molecule has 2 aliphatic rings. The molecule has 0 unspecified atom stereocenters. The monoisotopic (exact) mass is 352 g/mol. The normalized spacial score (nSPS) is 18.6. The molecule has 0 saturated heterocycles. The minimum absolute atomic E-state index is 0.0388. The molecule has 5 heteroatoms. The van der Waals surface area contributed by atoms with Gasteiger partial charge < -0.3 is 20.1 Å². The van der Waals surface area contributed by atoms with E-state index in [1.165, 1.54) is 16.7 Å². The summed E-state index contributed by atoms with van der Waals surface area (Å²) in [5, 5.41) is 7.44. The zero-order valence-electron chi connectivity index (χ0n) is 14.3. The van der Waals surface area contributed by atoms with Crippen LogP contribution in [0.2, 0.25) is 0 Å². The van der Waals surface area contributed by atoms with E-state index in [1.54, 1.807) is 14.2 Å². The number of methoxy groups -OCH3 is 2. The van der Waals surface area contributed by atoms with E-state index < -0.39 is 0 Å². The molecule has 0 bridgehead atoms. The number of thiocarbonyl (C=S) groups is 1. The average molecular weight is 352 g/mol. The number of aryl methyl sites for hydroxylation is 1. The fourth-order valence-corrected chi connectivity index (χ4v) is 3.89. The van der Waals surface area contributed by atoms with Gasteiger partial charge in [0.1, 0.15) is 0 Å². The molecule has 0 aromatic heterocycles. The van der Waals surface area contributed by atoms with Gasteiger partial charge in [0.2, 0.25) is 0 Å². The van der Waals surface area contributed by atoms with Crippen LogP contribution in [0.4, 0.5) is 0 Å². The molecule has 0 fully saturated rings. The molecule has 25 heavy (non-hydrogen) atoms. The Hall–Kier alpha value is -2.53. The predicted octanol–water partition coefficient (Wildman–Crippen LogP) is 3.58. The lowest BCUT2D eigenvalue weighted by Gasteiger charge is -2.36. The first-order valence-corrected chi connectivity index (χ1v) is 8.73. The van der Waals surface area contributed by atoms with Gasteiger partial charge in [0.05, 0.1) is 20.3 Å². The largest absolute Gasteiger partial charge is 0.493 e. The van der Waals surface area contributed by atoms with Gasteiger partial charge in [-0.3, -0.25) is 0 Å². The lowest BCUT2D eigenvalue weighted by atomic mass is 9.83. The molecule has 2 aromatic carbocycles. The molecule has 4 nitrogen and oxygen atoms in total. The molecular weight excluding hydrogens is 332 g/mol. The maximum Gasteiger partial charge on any atom is 0.171 e. The summed E-state index contributed by atoms with van der Waals surface area (Å²) in [4.78, 5) is 0. The Morgan fingerprint density at radius 3 is 2.60 bits per heavy atom. The van der Waals surface area contributed by atoms with E-state index in [2.05, 4.69) is 41.0 Å². The van der Waals surface area contributed by atoms with Crippen molar-refractivity contribution < 1.29 is 9.47 Å². The molecule has 0 radical (unpaired) electrons. The van der Waals surface area contributed by atoms with E-state index in [1.807, 2.05) is 12.1 Å². The average Bonchev–Trinajstić information content (AvgIpc) is 2.66. The van der Waals surface area contributed by atoms with E-state index in [-0.39, 0.29) is 6.04 Å². The molecule has 1 heterocycles. The Morgan fingerprint density at radius 1 is 1.00 bits per heavy atom. The highest BCUT2D eigenvalue weighted by Crippen LogP contribution is 2.40. The Kier molecular flexibility index (Phi) is 4.09. The van der Waals surface area contributed by atoms with Gasteiger partial charge in [-0.1, -0.05) is 30.3 Å². The highest BCUT2D eigenvalue weighted by Gasteiger charge is 2.31. The zero-order chi connectivity index (χ0) is 17.4. The second-order valence-electron chi connectivity index (χ2n) is 6.20. The van der Waals surface area contributed by atoms with Crippen LogP contribution >= 0.6 is 12.2 Å². The van der Waals surface area contributed by atoms with Gasteiger partial charge >= 0.3 is 0 Å². The quantitative estimate of drug-likeness (QED) is 0.827. The summed E-state index contributed by atoms with van der Waals surface area (Å²) in [5.74, 6) is 1.45. The van der Waals surface area contributed by atoms with Crippen molar-refractivity contribution in [3.63, 3.8) is 0 Å². The maximum atomic E-state index is 5.48. The lowest BCUT2D eigenvalue weighted by Crippen LogP contribution is -2.44. The third kappa shape index (κ3) is 2.74. The summed E-state index contributed by atoms with van der Waals surface area (Å²) in [6.07, 6.45) is 2.03. The maximum absolute atomic E-state index is 5.48. The molecule has 0 amide bonds. The highest BCUT2D eigenvalue weighted by molar-refractivity contribution is 7.80. The van der Waals surface area contributed by atoms with Crippen LogP contribution in [0.1, 0.15) is 29.2 Å². The van der Waals surface area contributed by atoms with Crippen LogP contribution in [0, 0.1) is 0 Å². The number of fused-ring (bicyclic) bond motifs is 2. The predicted molar refractivity (Wildman–Crippen MR) is 103 cm³/mol. The number of hydrogen-bond donors (Lipinski definition) is 2. The summed E-state index contributed by atoms with van der Waals surface area (Å²) in [5.41, 5.74) is 6.21. The molecule has 1 aliphatic heterocycles. The van der Waals surface area contributed by atoms with E-state index in [0.29, 0.717) is 5.11 Å². The first-order chi connectivity index (χ1) is 12.2. The van der Waals surface area contributed by atoms with Crippen LogP contribution in [-0.2, 0) is 6.42 Å². The smallest absolute Gasteiger partial charge is 0.171 e. The van der Waals surface area contributed by atoms with Gasteiger partial charge in [-0.25, -0.2) is 0 Å². The van der Waals surface area contributed by atoms with Gasteiger partial charge in [-0.05, 0) is 53.9 Å². The first kappa shape index (κ1) is 16.0. The highest BCUT2D eigenvalue weighted by atomic mass is 32.1. The van der Waals surface area contributed by atoms with Gasteiger partial charge in [0.15, 0.2) is 16.6 Å². The standard InChI is InChI=1S/C20H20N2O2S/c1-23-16-10-8-13(11-17(16)24-2)18-15-9-7-12-5-3-4-6-14(12)19(15)22-20(25)21-18/h3-6,8,10-11,18H,7,9H2,1-2H3,(H2,21,22,25)/t18-/m0/s1. The second kappa shape index (κ2) is 6.41. The number of nitrogens with one attached hydrogen (secondary N) is 2. The molecule has 128 valence electrons. The van der Waals surface area contributed by atoms with Crippen molar-refractivity contribution in [2.24, 2.45) is 0 Å². The van der Waals surface area contributed by atoms with E-state index in [9.17, 15) is 0 Å². The summed E-state index contributed by atoms with van der Waals surface area (Å²) in [6, 6.07) is 14.6. The number of ether oxygens (including phenoxy) is 2. The van der Waals surface area contributed by atoms with Crippen molar-refractivity contribution in [2.45, 2.75) is 18.9 Å². The Labute approximate surface area is 152 Å². The SMILES string of the molecule is COc1ccc([C@@H]2NC(=S)NC3=C2CCc2ccccc23)cc1OC. The first-order valence-electron chi connectivity index (χ1n) is 8.32. The van der Waals surface area contributed by atoms with Gasteiger partial charge in [0, 0.05) is 11.3 Å². The Morgan fingerprint density at radius 2 is 1.80 bits per heavy atom. The molecule has 4 rings (SSSR count). The van der Waals surface area contributed by atoms with Crippen molar-refractivity contribution in [1.82, 2.24) is 10.6 Å². The Balaban J connectivity index is 1.82. The third-order valence-corrected chi connectivity index (χ3v) is 5.09. The van der Waals surface area contributed by atoms with Crippen LogP contribution in [0.15, 0.2) is 48.0 Å². The van der Waals surface area contributed by atoms with Gasteiger partial charge in [0.25, 0.3) is 0 Å².